The maximum atomic E-state index is 11.3. The molecule has 0 radical (unpaired) electrons. The molecule has 2 aliphatic rings. The smallest absolute Gasteiger partial charge is 0.208 e. The van der Waals surface area contributed by atoms with Gasteiger partial charge in [0.15, 0.2) is 0 Å². The minimum atomic E-state index is -3.09. The van der Waals surface area contributed by atoms with Gasteiger partial charge in [0, 0.05) is 49.9 Å². The Bertz CT molecular complexity index is 598. The first-order valence-electron chi connectivity index (χ1n) is 7.63. The maximum absolute atomic E-state index is 11.3. The second-order valence-electron chi connectivity index (χ2n) is 6.39. The van der Waals surface area contributed by atoms with E-state index in [0.717, 1.165) is 32.5 Å². The monoisotopic (exact) mass is 312 g/mol. The van der Waals surface area contributed by atoms with Gasteiger partial charge in [0.1, 0.15) is 0 Å². The van der Waals surface area contributed by atoms with E-state index in [1.165, 1.54) is 30.4 Å². The summed E-state index contributed by atoms with van der Waals surface area (Å²) < 4.78 is 27.3. The molecule has 1 saturated heterocycles. The van der Waals surface area contributed by atoms with Crippen LogP contribution in [0.3, 0.4) is 0 Å². The second kappa shape index (κ2) is 5.70. The molecular formula is C14H24N4O2S. The van der Waals surface area contributed by atoms with Gasteiger partial charge < -0.3 is 0 Å². The predicted molar refractivity (Wildman–Crippen MR) is 81.5 cm³/mol. The molecule has 1 aliphatic carbocycles. The van der Waals surface area contributed by atoms with Crippen LogP contribution < -0.4 is 4.72 Å². The van der Waals surface area contributed by atoms with Crippen LogP contribution in [0.5, 0.6) is 0 Å². The molecule has 0 spiro atoms. The lowest BCUT2D eigenvalue weighted by molar-refractivity contribution is 0.199. The molecule has 21 heavy (non-hydrogen) atoms. The van der Waals surface area contributed by atoms with Gasteiger partial charge in [0.25, 0.3) is 0 Å². The molecule has 6 nitrogen and oxygen atoms in total. The van der Waals surface area contributed by atoms with Crippen molar-refractivity contribution in [3.63, 3.8) is 0 Å². The molecule has 2 heterocycles. The molecule has 0 aromatic carbocycles. The van der Waals surface area contributed by atoms with E-state index in [4.69, 9.17) is 0 Å². The number of rotatable bonds is 5. The maximum Gasteiger partial charge on any atom is 0.208 e. The third-order valence-corrected chi connectivity index (χ3v) is 5.15. The second-order valence-corrected chi connectivity index (χ2v) is 8.17. The highest BCUT2D eigenvalue weighted by Crippen LogP contribution is 2.41. The number of nitrogens with zero attached hydrogens (tertiary/aromatic N) is 3. The zero-order valence-corrected chi connectivity index (χ0v) is 13.6. The fourth-order valence-corrected chi connectivity index (χ4v) is 4.09. The molecule has 2 fully saturated rings. The summed E-state index contributed by atoms with van der Waals surface area (Å²) in [6, 6.07) is 0.0908. The molecule has 1 aliphatic heterocycles. The zero-order chi connectivity index (χ0) is 15.0. The van der Waals surface area contributed by atoms with Crippen molar-refractivity contribution in [2.75, 3.05) is 19.3 Å². The third kappa shape index (κ3) is 3.84. The molecule has 0 atom stereocenters. The van der Waals surface area contributed by atoms with Gasteiger partial charge in [-0.3, -0.25) is 9.58 Å². The van der Waals surface area contributed by atoms with Gasteiger partial charge in [0.2, 0.25) is 10.0 Å². The normalized spacial score (nSPS) is 21.8. The van der Waals surface area contributed by atoms with Crippen molar-refractivity contribution in [1.82, 2.24) is 19.4 Å². The Hall–Kier alpha value is -0.920. The molecule has 7 heteroatoms. The van der Waals surface area contributed by atoms with Crippen molar-refractivity contribution < 1.29 is 8.42 Å². The highest BCUT2D eigenvalue weighted by molar-refractivity contribution is 7.88. The van der Waals surface area contributed by atoms with Crippen molar-refractivity contribution in [1.29, 1.82) is 0 Å². The molecule has 0 bridgehead atoms. The van der Waals surface area contributed by atoms with Crippen LogP contribution in [0.15, 0.2) is 6.20 Å². The summed E-state index contributed by atoms with van der Waals surface area (Å²) in [7, 11) is -1.06. The lowest BCUT2D eigenvalue weighted by Gasteiger charge is -2.31. The third-order valence-electron chi connectivity index (χ3n) is 4.39. The Morgan fingerprint density at radius 2 is 1.95 bits per heavy atom. The highest BCUT2D eigenvalue weighted by atomic mass is 32.2. The average molecular weight is 312 g/mol. The fraction of sp³-hybridized carbons (Fsp3) is 0.786. The van der Waals surface area contributed by atoms with E-state index in [1.54, 1.807) is 0 Å². The van der Waals surface area contributed by atoms with E-state index >= 15 is 0 Å². The summed E-state index contributed by atoms with van der Waals surface area (Å²) in [5.41, 5.74) is 2.74. The summed E-state index contributed by atoms with van der Waals surface area (Å²) in [4.78, 5) is 2.41. The summed E-state index contributed by atoms with van der Waals surface area (Å²) in [6.07, 6.45) is 7.56. The van der Waals surface area contributed by atoms with E-state index in [-0.39, 0.29) is 6.04 Å². The summed E-state index contributed by atoms with van der Waals surface area (Å²) >= 11 is 0. The van der Waals surface area contributed by atoms with Crippen molar-refractivity contribution in [2.45, 2.75) is 44.2 Å². The molecule has 1 saturated carbocycles. The molecule has 118 valence electrons. The van der Waals surface area contributed by atoms with Gasteiger partial charge >= 0.3 is 0 Å². The first-order valence-corrected chi connectivity index (χ1v) is 9.52. The van der Waals surface area contributed by atoms with Crippen molar-refractivity contribution in [3.8, 4) is 0 Å². The molecule has 0 amide bonds. The van der Waals surface area contributed by atoms with Gasteiger partial charge in [-0.25, -0.2) is 13.1 Å². The topological polar surface area (TPSA) is 67.2 Å². The van der Waals surface area contributed by atoms with Gasteiger partial charge in [-0.1, -0.05) is 0 Å². The van der Waals surface area contributed by atoms with E-state index in [9.17, 15) is 8.42 Å². The Morgan fingerprint density at radius 1 is 1.29 bits per heavy atom. The molecule has 1 aromatic rings. The van der Waals surface area contributed by atoms with Gasteiger partial charge in [-0.05, 0) is 25.7 Å². The van der Waals surface area contributed by atoms with E-state index in [0.29, 0.717) is 5.92 Å². The first kappa shape index (κ1) is 15.0. The number of hydrogen-bond acceptors (Lipinski definition) is 4. The Balaban J connectivity index is 1.56. The van der Waals surface area contributed by atoms with Crippen LogP contribution in [0.1, 0.15) is 42.9 Å². The highest BCUT2D eigenvalue weighted by Gasteiger charge is 2.30. The van der Waals surface area contributed by atoms with Crippen molar-refractivity contribution in [3.05, 3.63) is 17.5 Å². The van der Waals surface area contributed by atoms with Crippen molar-refractivity contribution >= 4 is 10.0 Å². The molecule has 1 aromatic heterocycles. The minimum absolute atomic E-state index is 0.0908. The van der Waals surface area contributed by atoms with Crippen molar-refractivity contribution in [2.24, 2.45) is 7.05 Å². The largest absolute Gasteiger partial charge is 0.299 e. The van der Waals surface area contributed by atoms with Gasteiger partial charge in [-0.15, -0.1) is 0 Å². The van der Waals surface area contributed by atoms with Crippen LogP contribution in [0.25, 0.3) is 0 Å². The number of likely N-dealkylation sites (tertiary alicyclic amines) is 1. The molecule has 3 rings (SSSR count). The number of hydrogen-bond donors (Lipinski definition) is 1. The minimum Gasteiger partial charge on any atom is -0.299 e. The number of sulfonamides is 1. The standard InChI is InChI=1S/C14H24N4O2S/c1-17-14(11-3-4-11)12(9-15-17)10-18-7-5-13(6-8-18)16-21(2,19)20/h9,11,13,16H,3-8,10H2,1-2H3. The van der Waals surface area contributed by atoms with E-state index < -0.39 is 10.0 Å². The van der Waals surface area contributed by atoms with Crippen LogP contribution >= 0.6 is 0 Å². The summed E-state index contributed by atoms with van der Waals surface area (Å²) in [6.45, 7) is 2.81. The van der Waals surface area contributed by atoms with E-state index in [2.05, 4.69) is 14.7 Å². The quantitative estimate of drug-likeness (QED) is 0.874. The SMILES string of the molecule is Cn1ncc(CN2CCC(NS(C)(=O)=O)CC2)c1C1CC1. The zero-order valence-electron chi connectivity index (χ0n) is 12.7. The Kier molecular flexibility index (Phi) is 4.07. The lowest BCUT2D eigenvalue weighted by Crippen LogP contribution is -2.44. The molecule has 1 N–H and O–H groups in total. The Morgan fingerprint density at radius 3 is 2.52 bits per heavy atom. The van der Waals surface area contributed by atoms with Crippen LogP contribution in [0.2, 0.25) is 0 Å². The van der Waals surface area contributed by atoms with Gasteiger partial charge in [-0.2, -0.15) is 5.10 Å². The number of aromatic nitrogens is 2. The van der Waals surface area contributed by atoms with Crippen LogP contribution in [0.4, 0.5) is 0 Å². The van der Waals surface area contributed by atoms with Crippen LogP contribution in [-0.2, 0) is 23.6 Å². The lowest BCUT2D eigenvalue weighted by atomic mass is 10.0. The number of aryl methyl sites for hydroxylation is 1. The first-order chi connectivity index (χ1) is 9.92. The van der Waals surface area contributed by atoms with Gasteiger partial charge in [0.05, 0.1) is 12.5 Å². The number of piperidine rings is 1. The van der Waals surface area contributed by atoms with Crippen LogP contribution in [-0.4, -0.2) is 48.5 Å². The van der Waals surface area contributed by atoms with E-state index in [1.807, 2.05) is 17.9 Å². The molecular weight excluding hydrogens is 288 g/mol. The summed E-state index contributed by atoms with van der Waals surface area (Å²) in [5.74, 6) is 0.706. The average Bonchev–Trinajstić information content (AvgIpc) is 3.16. The molecule has 0 unspecified atom stereocenters. The van der Waals surface area contributed by atoms with Crippen LogP contribution in [0, 0.1) is 0 Å². The fourth-order valence-electron chi connectivity index (χ4n) is 3.25. The predicted octanol–water partition coefficient (Wildman–Crippen LogP) is 0.811. The summed E-state index contributed by atoms with van der Waals surface area (Å²) in [5, 5.41) is 4.41. The Labute approximate surface area is 126 Å². The number of nitrogens with one attached hydrogen (secondary N) is 1.